The Hall–Kier alpha value is -1.01. The second-order valence-electron chi connectivity index (χ2n) is 5.69. The van der Waals surface area contributed by atoms with Gasteiger partial charge in [-0.15, -0.1) is 0 Å². The van der Waals surface area contributed by atoms with Crippen molar-refractivity contribution in [2.75, 3.05) is 18.1 Å². The lowest BCUT2D eigenvalue weighted by molar-refractivity contribution is 0.475. The van der Waals surface area contributed by atoms with Crippen LogP contribution in [-0.2, 0) is 9.84 Å². The average Bonchev–Trinajstić information content (AvgIpc) is 2.95. The molecule has 1 N–H and O–H groups in total. The van der Waals surface area contributed by atoms with Crippen molar-refractivity contribution in [2.24, 2.45) is 4.99 Å². The van der Waals surface area contributed by atoms with Gasteiger partial charge in [0.25, 0.3) is 0 Å². The van der Waals surface area contributed by atoms with Crippen LogP contribution in [0.15, 0.2) is 35.3 Å². The van der Waals surface area contributed by atoms with Gasteiger partial charge in [0, 0.05) is 0 Å². The van der Waals surface area contributed by atoms with Gasteiger partial charge in [-0.1, -0.05) is 42.1 Å². The van der Waals surface area contributed by atoms with Crippen LogP contribution in [-0.4, -0.2) is 37.2 Å². The Bertz CT molecular complexity index is 628. The van der Waals surface area contributed by atoms with Crippen LogP contribution in [0.25, 0.3) is 0 Å². The zero-order valence-corrected chi connectivity index (χ0v) is 13.0. The zero-order valence-electron chi connectivity index (χ0n) is 11.4. The van der Waals surface area contributed by atoms with Crippen LogP contribution in [0.4, 0.5) is 0 Å². The van der Waals surface area contributed by atoms with E-state index in [1.807, 2.05) is 25.1 Å². The average molecular weight is 310 g/mol. The predicted octanol–water partition coefficient (Wildman–Crippen LogP) is 2.00. The van der Waals surface area contributed by atoms with Gasteiger partial charge in [-0.2, -0.15) is 0 Å². The molecule has 0 aromatic heterocycles. The van der Waals surface area contributed by atoms with Gasteiger partial charge in [0.05, 0.1) is 28.8 Å². The highest BCUT2D eigenvalue weighted by Crippen LogP contribution is 2.35. The normalized spacial score (nSPS) is 32.0. The number of nitrogens with one attached hydrogen (secondary N) is 1. The van der Waals surface area contributed by atoms with Gasteiger partial charge in [0.1, 0.15) is 0 Å². The van der Waals surface area contributed by atoms with Gasteiger partial charge < -0.3 is 5.32 Å². The first-order chi connectivity index (χ1) is 9.46. The van der Waals surface area contributed by atoms with Crippen LogP contribution in [0, 0.1) is 0 Å². The van der Waals surface area contributed by atoms with Crippen molar-refractivity contribution in [3.05, 3.63) is 35.9 Å². The molecule has 4 nitrogen and oxygen atoms in total. The highest BCUT2D eigenvalue weighted by Gasteiger charge is 2.39. The molecule has 6 heteroatoms. The van der Waals surface area contributed by atoms with E-state index < -0.39 is 9.84 Å². The Morgan fingerprint density at radius 2 is 2.10 bits per heavy atom. The molecule has 0 bridgehead atoms. The van der Waals surface area contributed by atoms with Crippen LogP contribution in [0.2, 0.25) is 0 Å². The maximum Gasteiger partial charge on any atom is 0.157 e. The van der Waals surface area contributed by atoms with Crippen LogP contribution < -0.4 is 5.32 Å². The van der Waals surface area contributed by atoms with Crippen molar-refractivity contribution in [3.8, 4) is 0 Å². The van der Waals surface area contributed by atoms with E-state index in [9.17, 15) is 8.42 Å². The first-order valence-electron chi connectivity index (χ1n) is 6.71. The first kappa shape index (κ1) is 13.9. The van der Waals surface area contributed by atoms with Gasteiger partial charge >= 0.3 is 0 Å². The molecule has 2 aliphatic heterocycles. The second-order valence-corrected chi connectivity index (χ2v) is 9.07. The Kier molecular flexibility index (Phi) is 3.54. The molecule has 0 radical (unpaired) electrons. The minimum Gasteiger partial charge on any atom is -0.359 e. The molecule has 2 unspecified atom stereocenters. The highest BCUT2D eigenvalue weighted by atomic mass is 32.2. The van der Waals surface area contributed by atoms with E-state index in [2.05, 4.69) is 22.4 Å². The number of amidine groups is 1. The monoisotopic (exact) mass is 310 g/mol. The maximum atomic E-state index is 11.6. The number of hydrogen-bond acceptors (Lipinski definition) is 5. The number of thioether (sulfide) groups is 1. The summed E-state index contributed by atoms with van der Waals surface area (Å²) in [6.07, 6.45) is 0.658. The summed E-state index contributed by atoms with van der Waals surface area (Å²) in [5, 5.41) is 4.55. The molecule has 1 aromatic carbocycles. The first-order valence-corrected chi connectivity index (χ1v) is 9.41. The SMILES string of the molecule is CC1(NC2=NCC(c3ccccc3)S2)CCS(=O)(=O)C1. The molecular weight excluding hydrogens is 292 g/mol. The van der Waals surface area contributed by atoms with Gasteiger partial charge in [-0.05, 0) is 18.9 Å². The fourth-order valence-electron chi connectivity index (χ4n) is 2.65. The molecule has 1 aromatic rings. The minimum absolute atomic E-state index is 0.204. The molecule has 1 saturated heterocycles. The summed E-state index contributed by atoms with van der Waals surface area (Å²) >= 11 is 1.69. The Morgan fingerprint density at radius 1 is 1.35 bits per heavy atom. The molecule has 2 aliphatic rings. The van der Waals surface area contributed by atoms with Gasteiger partial charge in [0.2, 0.25) is 0 Å². The van der Waals surface area contributed by atoms with E-state index in [-0.39, 0.29) is 17.0 Å². The lowest BCUT2D eigenvalue weighted by Gasteiger charge is -2.24. The number of benzene rings is 1. The van der Waals surface area contributed by atoms with Gasteiger partial charge in [0.15, 0.2) is 15.0 Å². The van der Waals surface area contributed by atoms with Gasteiger partial charge in [-0.25, -0.2) is 8.42 Å². The molecule has 0 aliphatic carbocycles. The van der Waals surface area contributed by atoms with E-state index in [0.29, 0.717) is 11.7 Å². The van der Waals surface area contributed by atoms with Crippen LogP contribution in [0.3, 0.4) is 0 Å². The third kappa shape index (κ3) is 3.01. The van der Waals surface area contributed by atoms with E-state index >= 15 is 0 Å². The molecule has 0 saturated carbocycles. The maximum absolute atomic E-state index is 11.6. The van der Waals surface area contributed by atoms with Crippen LogP contribution >= 0.6 is 11.8 Å². The van der Waals surface area contributed by atoms with Crippen molar-refractivity contribution in [1.82, 2.24) is 5.32 Å². The zero-order chi connectivity index (χ0) is 14.2. The summed E-state index contributed by atoms with van der Waals surface area (Å²) in [6.45, 7) is 2.72. The molecule has 20 heavy (non-hydrogen) atoms. The molecule has 3 rings (SSSR count). The van der Waals surface area contributed by atoms with E-state index in [1.165, 1.54) is 5.56 Å². The fraction of sp³-hybridized carbons (Fsp3) is 0.500. The molecule has 2 atom stereocenters. The molecule has 108 valence electrons. The smallest absolute Gasteiger partial charge is 0.157 e. The summed E-state index contributed by atoms with van der Waals surface area (Å²) in [7, 11) is -2.89. The topological polar surface area (TPSA) is 58.5 Å². The van der Waals surface area contributed by atoms with Crippen molar-refractivity contribution in [3.63, 3.8) is 0 Å². The van der Waals surface area contributed by atoms with Crippen LogP contribution in [0.5, 0.6) is 0 Å². The number of aliphatic imine (C=N–C) groups is 1. The van der Waals surface area contributed by atoms with Crippen molar-refractivity contribution < 1.29 is 8.42 Å². The molecule has 0 amide bonds. The van der Waals surface area contributed by atoms with Gasteiger partial charge in [-0.3, -0.25) is 4.99 Å². The third-order valence-corrected chi connectivity index (χ3v) is 6.80. The van der Waals surface area contributed by atoms with Crippen molar-refractivity contribution in [2.45, 2.75) is 24.1 Å². The standard InChI is InChI=1S/C14H18N2O2S2/c1-14(7-8-20(17,18)10-14)16-13-15-9-12(19-13)11-5-3-2-4-6-11/h2-6,12H,7-10H2,1H3,(H,15,16). The second kappa shape index (κ2) is 5.07. The van der Waals surface area contributed by atoms with E-state index in [4.69, 9.17) is 0 Å². The number of nitrogens with zero attached hydrogens (tertiary/aromatic N) is 1. The molecule has 1 fully saturated rings. The molecule has 2 heterocycles. The third-order valence-electron chi connectivity index (χ3n) is 3.74. The Balaban J connectivity index is 1.64. The highest BCUT2D eigenvalue weighted by molar-refractivity contribution is 8.14. The van der Waals surface area contributed by atoms with Crippen LogP contribution in [0.1, 0.15) is 24.2 Å². The lowest BCUT2D eigenvalue weighted by atomic mass is 10.0. The predicted molar refractivity (Wildman–Crippen MR) is 83.9 cm³/mol. The molecule has 0 spiro atoms. The number of rotatable bonds is 2. The van der Waals surface area contributed by atoms with Crippen molar-refractivity contribution >= 4 is 26.8 Å². The quantitative estimate of drug-likeness (QED) is 0.907. The van der Waals surface area contributed by atoms with E-state index in [1.54, 1.807) is 11.8 Å². The summed E-state index contributed by atoms with van der Waals surface area (Å²) in [5.41, 5.74) is 0.901. The molecular formula is C14H18N2O2S2. The number of hydrogen-bond donors (Lipinski definition) is 1. The summed E-state index contributed by atoms with van der Waals surface area (Å²) in [6, 6.07) is 10.3. The van der Waals surface area contributed by atoms with Crippen molar-refractivity contribution in [1.29, 1.82) is 0 Å². The minimum atomic E-state index is -2.89. The number of sulfone groups is 1. The lowest BCUT2D eigenvalue weighted by Crippen LogP contribution is -2.45. The largest absolute Gasteiger partial charge is 0.359 e. The Morgan fingerprint density at radius 3 is 2.75 bits per heavy atom. The Labute approximate surface area is 124 Å². The summed E-state index contributed by atoms with van der Waals surface area (Å²) < 4.78 is 23.2. The summed E-state index contributed by atoms with van der Waals surface area (Å²) in [4.78, 5) is 4.52. The van der Waals surface area contributed by atoms with E-state index in [0.717, 1.165) is 11.7 Å². The summed E-state index contributed by atoms with van der Waals surface area (Å²) in [5.74, 6) is 0.478. The fourth-order valence-corrected chi connectivity index (χ4v) is 5.91.